The molecular formula is C14H17NS. The van der Waals surface area contributed by atoms with Gasteiger partial charge in [0.25, 0.3) is 0 Å². The molecule has 0 radical (unpaired) electrons. The van der Waals surface area contributed by atoms with Crippen LogP contribution in [-0.2, 0) is 0 Å². The van der Waals surface area contributed by atoms with E-state index in [0.717, 1.165) is 5.92 Å². The number of benzene rings is 1. The Hall–Kier alpha value is -0.860. The van der Waals surface area contributed by atoms with E-state index in [2.05, 4.69) is 48.6 Å². The number of hydrogen-bond acceptors (Lipinski definition) is 2. The molecule has 0 amide bonds. The van der Waals surface area contributed by atoms with Gasteiger partial charge in [0, 0.05) is 10.7 Å². The van der Waals surface area contributed by atoms with Gasteiger partial charge in [-0.2, -0.15) is 0 Å². The fourth-order valence-electron chi connectivity index (χ4n) is 2.59. The highest BCUT2D eigenvalue weighted by Gasteiger charge is 2.34. The summed E-state index contributed by atoms with van der Waals surface area (Å²) in [7, 11) is 4.41. The first kappa shape index (κ1) is 10.3. The molecule has 16 heavy (non-hydrogen) atoms. The van der Waals surface area contributed by atoms with Gasteiger partial charge in [0.05, 0.1) is 0 Å². The molecule has 1 atom stereocenters. The van der Waals surface area contributed by atoms with Crippen LogP contribution in [0.2, 0.25) is 0 Å². The van der Waals surface area contributed by atoms with Crippen LogP contribution in [0, 0.1) is 5.92 Å². The van der Waals surface area contributed by atoms with E-state index in [1.54, 1.807) is 0 Å². The van der Waals surface area contributed by atoms with Gasteiger partial charge in [0.2, 0.25) is 0 Å². The molecule has 1 nitrogen and oxygen atoms in total. The van der Waals surface area contributed by atoms with Crippen molar-refractivity contribution in [2.75, 3.05) is 14.1 Å². The van der Waals surface area contributed by atoms with Gasteiger partial charge in [-0.1, -0.05) is 18.2 Å². The van der Waals surface area contributed by atoms with Gasteiger partial charge in [-0.25, -0.2) is 0 Å². The lowest BCUT2D eigenvalue weighted by Gasteiger charge is -2.24. The van der Waals surface area contributed by atoms with Crippen LogP contribution in [0.25, 0.3) is 10.1 Å². The van der Waals surface area contributed by atoms with Crippen LogP contribution in [-0.4, -0.2) is 19.0 Å². The lowest BCUT2D eigenvalue weighted by atomic mass is 10.0. The quantitative estimate of drug-likeness (QED) is 0.774. The Morgan fingerprint density at radius 1 is 1.25 bits per heavy atom. The van der Waals surface area contributed by atoms with E-state index in [0.29, 0.717) is 6.04 Å². The molecule has 0 N–H and O–H groups in total. The van der Waals surface area contributed by atoms with Crippen LogP contribution in [0.4, 0.5) is 0 Å². The molecule has 0 aliphatic heterocycles. The Balaban J connectivity index is 2.09. The molecule has 1 aliphatic carbocycles. The third-order valence-corrected chi connectivity index (χ3v) is 4.44. The first-order chi connectivity index (χ1) is 7.77. The molecule has 2 heteroatoms. The van der Waals surface area contributed by atoms with E-state index in [1.807, 2.05) is 11.3 Å². The third-order valence-electron chi connectivity index (χ3n) is 3.45. The summed E-state index contributed by atoms with van der Waals surface area (Å²) in [6.45, 7) is 0. The molecule has 0 saturated heterocycles. The van der Waals surface area contributed by atoms with E-state index >= 15 is 0 Å². The van der Waals surface area contributed by atoms with E-state index in [4.69, 9.17) is 0 Å². The van der Waals surface area contributed by atoms with E-state index in [-0.39, 0.29) is 0 Å². The fourth-order valence-corrected chi connectivity index (χ4v) is 3.58. The zero-order chi connectivity index (χ0) is 11.1. The normalized spacial score (nSPS) is 18.2. The van der Waals surface area contributed by atoms with Crippen molar-refractivity contribution in [3.05, 3.63) is 35.2 Å². The molecule has 1 saturated carbocycles. The van der Waals surface area contributed by atoms with Crippen molar-refractivity contribution in [1.29, 1.82) is 0 Å². The molecular weight excluding hydrogens is 214 g/mol. The second-order valence-corrected chi connectivity index (χ2v) is 5.84. The van der Waals surface area contributed by atoms with Crippen molar-refractivity contribution in [1.82, 2.24) is 4.90 Å². The number of rotatable bonds is 3. The van der Waals surface area contributed by atoms with Gasteiger partial charge in [-0.3, -0.25) is 0 Å². The van der Waals surface area contributed by atoms with E-state index in [1.165, 1.54) is 28.5 Å². The van der Waals surface area contributed by atoms with Crippen LogP contribution in [0.1, 0.15) is 24.4 Å². The van der Waals surface area contributed by atoms with Gasteiger partial charge in [-0.05, 0) is 55.3 Å². The average Bonchev–Trinajstić information content (AvgIpc) is 3.00. The highest BCUT2D eigenvalue weighted by atomic mass is 32.1. The summed E-state index contributed by atoms with van der Waals surface area (Å²) < 4.78 is 1.42. The van der Waals surface area contributed by atoms with Crippen LogP contribution >= 0.6 is 11.3 Å². The summed E-state index contributed by atoms with van der Waals surface area (Å²) in [6, 6.07) is 9.39. The van der Waals surface area contributed by atoms with Crippen LogP contribution < -0.4 is 0 Å². The van der Waals surface area contributed by atoms with Gasteiger partial charge in [0.15, 0.2) is 0 Å². The molecule has 1 aromatic carbocycles. The molecule has 1 fully saturated rings. The van der Waals surface area contributed by atoms with Crippen molar-refractivity contribution < 1.29 is 0 Å². The van der Waals surface area contributed by atoms with Crippen LogP contribution in [0.3, 0.4) is 0 Å². The van der Waals surface area contributed by atoms with Crippen molar-refractivity contribution >= 4 is 21.4 Å². The standard InChI is InChI=1S/C14H17NS/c1-15(2)14(10-7-8-10)12-9-16-13-6-4-3-5-11(12)13/h3-6,9-10,14H,7-8H2,1-2H3. The predicted molar refractivity (Wildman–Crippen MR) is 71.0 cm³/mol. The molecule has 84 valence electrons. The highest BCUT2D eigenvalue weighted by Crippen LogP contribution is 2.46. The molecule has 2 aromatic rings. The molecule has 3 rings (SSSR count). The number of thiophene rings is 1. The minimum Gasteiger partial charge on any atom is -0.302 e. The van der Waals surface area contributed by atoms with Gasteiger partial charge in [0.1, 0.15) is 0 Å². The Kier molecular flexibility index (Phi) is 2.49. The Morgan fingerprint density at radius 2 is 2.00 bits per heavy atom. The predicted octanol–water partition coefficient (Wildman–Crippen LogP) is 3.91. The average molecular weight is 231 g/mol. The summed E-state index contributed by atoms with van der Waals surface area (Å²) in [4.78, 5) is 2.38. The zero-order valence-corrected chi connectivity index (χ0v) is 10.6. The van der Waals surface area contributed by atoms with E-state index in [9.17, 15) is 0 Å². The first-order valence-corrected chi connectivity index (χ1v) is 6.78. The summed E-state index contributed by atoms with van der Waals surface area (Å²) in [6.07, 6.45) is 2.79. The summed E-state index contributed by atoms with van der Waals surface area (Å²) in [5, 5.41) is 3.81. The monoisotopic (exact) mass is 231 g/mol. The number of hydrogen-bond donors (Lipinski definition) is 0. The first-order valence-electron chi connectivity index (χ1n) is 5.90. The molecule has 1 heterocycles. The SMILES string of the molecule is CN(C)C(c1csc2ccccc12)C1CC1. The summed E-state index contributed by atoms with van der Waals surface area (Å²) in [5.41, 5.74) is 1.54. The minimum absolute atomic E-state index is 0.621. The van der Waals surface area contributed by atoms with Gasteiger partial charge in [-0.15, -0.1) is 11.3 Å². The van der Waals surface area contributed by atoms with Crippen LogP contribution in [0.15, 0.2) is 29.6 Å². The minimum atomic E-state index is 0.621. The molecule has 0 spiro atoms. The molecule has 1 unspecified atom stereocenters. The maximum Gasteiger partial charge on any atom is 0.0384 e. The number of fused-ring (bicyclic) bond motifs is 1. The second-order valence-electron chi connectivity index (χ2n) is 4.93. The summed E-state index contributed by atoms with van der Waals surface area (Å²) in [5.74, 6) is 0.882. The van der Waals surface area contributed by atoms with E-state index < -0.39 is 0 Å². The fraction of sp³-hybridized carbons (Fsp3) is 0.429. The summed E-state index contributed by atoms with van der Waals surface area (Å²) >= 11 is 1.88. The van der Waals surface area contributed by atoms with Crippen molar-refractivity contribution in [2.24, 2.45) is 5.92 Å². The highest BCUT2D eigenvalue weighted by molar-refractivity contribution is 7.17. The molecule has 1 aromatic heterocycles. The number of nitrogens with zero attached hydrogens (tertiary/aromatic N) is 1. The van der Waals surface area contributed by atoms with Crippen LogP contribution in [0.5, 0.6) is 0 Å². The Labute approximate surface area is 101 Å². The van der Waals surface area contributed by atoms with Gasteiger partial charge < -0.3 is 4.90 Å². The smallest absolute Gasteiger partial charge is 0.0384 e. The van der Waals surface area contributed by atoms with Crippen molar-refractivity contribution in [2.45, 2.75) is 18.9 Å². The lowest BCUT2D eigenvalue weighted by Crippen LogP contribution is -2.21. The lowest BCUT2D eigenvalue weighted by molar-refractivity contribution is 0.272. The zero-order valence-electron chi connectivity index (χ0n) is 9.81. The van der Waals surface area contributed by atoms with Gasteiger partial charge >= 0.3 is 0 Å². The topological polar surface area (TPSA) is 3.24 Å². The van der Waals surface area contributed by atoms with Crippen molar-refractivity contribution in [3.63, 3.8) is 0 Å². The third kappa shape index (κ3) is 1.66. The largest absolute Gasteiger partial charge is 0.302 e. The maximum absolute atomic E-state index is 2.38. The Bertz CT molecular complexity index is 494. The second kappa shape index (κ2) is 3.86. The van der Waals surface area contributed by atoms with Crippen molar-refractivity contribution in [3.8, 4) is 0 Å². The molecule has 0 bridgehead atoms. The molecule has 1 aliphatic rings. The Morgan fingerprint density at radius 3 is 2.69 bits per heavy atom. The maximum atomic E-state index is 2.38.